The van der Waals surface area contributed by atoms with Crippen LogP contribution in [0.25, 0.3) is 5.57 Å². The van der Waals surface area contributed by atoms with E-state index >= 15 is 0 Å². The maximum atomic E-state index is 2.57. The molecule has 0 aliphatic heterocycles. The van der Waals surface area contributed by atoms with E-state index in [0.717, 1.165) is 41.9 Å². The van der Waals surface area contributed by atoms with Gasteiger partial charge in [-0.2, -0.15) is 23.8 Å². The molecule has 3 fully saturated rings. The van der Waals surface area contributed by atoms with Gasteiger partial charge in [0.15, 0.2) is 0 Å². The van der Waals surface area contributed by atoms with Crippen molar-refractivity contribution in [2.45, 2.75) is 117 Å². The standard InChI is InChI=1S/C21H21.C17H30.C5H5.2ClH.Zr/c1-2-8-15-14(7-1)13-20-18-11-4-3-9-16(18)17-10-5-6-12-19(17)21(15)20;1-14(16-9-5-3-6-10-16)13-15(2)17-11-7-4-8-12-17;1-2-4-5-3-1;;;/h1-2,6-8,11-12,16-17H,3-5,9-10,13H2;14-17H,3-12H2,1-2H3;1-5H;2*1H;/q-1;;-1;;;+2/p-2. The molecule has 0 bridgehead atoms. The average Bonchev–Trinajstić information content (AvgIpc) is 3.81. The molecule has 6 aliphatic rings. The fourth-order valence-electron chi connectivity index (χ4n) is 9.57. The zero-order valence-corrected chi connectivity index (χ0v) is 32.4. The van der Waals surface area contributed by atoms with Gasteiger partial charge >= 0.3 is 129 Å². The summed E-state index contributed by atoms with van der Waals surface area (Å²) in [6, 6.07) is 19.1. The van der Waals surface area contributed by atoms with Gasteiger partial charge in [0, 0.05) is 0 Å². The van der Waals surface area contributed by atoms with Gasteiger partial charge in [0.05, 0.1) is 0 Å². The molecule has 8 rings (SSSR count). The van der Waals surface area contributed by atoms with Crippen molar-refractivity contribution in [1.82, 2.24) is 0 Å². The smallest absolute Gasteiger partial charge is 0.172 e. The molecule has 46 heavy (non-hydrogen) atoms. The van der Waals surface area contributed by atoms with E-state index in [9.17, 15) is 0 Å². The molecule has 0 saturated heterocycles. The van der Waals surface area contributed by atoms with E-state index in [1.807, 2.05) is 33.5 Å². The molecule has 2 aromatic carbocycles. The van der Waals surface area contributed by atoms with Crippen molar-refractivity contribution < 1.29 is 49.0 Å². The van der Waals surface area contributed by atoms with Crippen LogP contribution < -0.4 is 24.8 Å². The maximum Gasteiger partial charge on any atom is -0.172 e. The number of hydrogen-bond donors (Lipinski definition) is 0. The second kappa shape index (κ2) is 18.7. The summed E-state index contributed by atoms with van der Waals surface area (Å²) in [5.41, 5.74) is 9.71. The minimum absolute atomic E-state index is 0. The Bertz CT molecular complexity index is 1280. The minimum atomic E-state index is 0. The van der Waals surface area contributed by atoms with Crippen LogP contribution >= 0.6 is 0 Å². The van der Waals surface area contributed by atoms with Crippen molar-refractivity contribution in [1.29, 1.82) is 0 Å². The summed E-state index contributed by atoms with van der Waals surface area (Å²) < 4.78 is 1.92. The Morgan fingerprint density at radius 2 is 1.37 bits per heavy atom. The molecule has 2 aromatic rings. The van der Waals surface area contributed by atoms with E-state index < -0.39 is 0 Å². The van der Waals surface area contributed by atoms with Crippen LogP contribution in [-0.4, -0.2) is 3.21 Å². The maximum absolute atomic E-state index is 2.57. The summed E-state index contributed by atoms with van der Waals surface area (Å²) >= 11 is 1.74. The van der Waals surface area contributed by atoms with E-state index in [1.54, 1.807) is 52.1 Å². The van der Waals surface area contributed by atoms with Crippen LogP contribution in [0.1, 0.15) is 121 Å². The van der Waals surface area contributed by atoms with Crippen molar-refractivity contribution in [3.05, 3.63) is 101 Å². The Kier molecular flexibility index (Phi) is 15.3. The van der Waals surface area contributed by atoms with Crippen LogP contribution in [0.2, 0.25) is 0 Å². The van der Waals surface area contributed by atoms with E-state index in [1.165, 1.54) is 102 Å². The predicted octanol–water partition coefficient (Wildman–Crippen LogP) is 5.83. The number of rotatable bonds is 4. The van der Waals surface area contributed by atoms with Gasteiger partial charge in [-0.3, -0.25) is 0 Å². The van der Waals surface area contributed by atoms with Crippen molar-refractivity contribution >= 4 is 8.78 Å². The first-order chi connectivity index (χ1) is 21.6. The zero-order chi connectivity index (χ0) is 30.3. The summed E-state index contributed by atoms with van der Waals surface area (Å²) in [5, 5.41) is 0. The van der Waals surface area contributed by atoms with Crippen LogP contribution in [0, 0.1) is 41.9 Å². The van der Waals surface area contributed by atoms with Crippen LogP contribution in [0.15, 0.2) is 83.5 Å². The number of fused-ring (bicyclic) bond motifs is 6. The molecule has 248 valence electrons. The third-order valence-electron chi connectivity index (χ3n) is 12.2. The van der Waals surface area contributed by atoms with Crippen molar-refractivity contribution in [2.24, 2.45) is 35.5 Å². The van der Waals surface area contributed by atoms with Gasteiger partial charge in [0.1, 0.15) is 0 Å². The zero-order valence-electron chi connectivity index (χ0n) is 28.5. The molecule has 0 spiro atoms. The second-order valence-corrected chi connectivity index (χ2v) is 16.1. The Labute approximate surface area is 308 Å². The minimum Gasteiger partial charge on any atom is -1.00 e. The fourth-order valence-corrected chi connectivity index (χ4v) is 10.7. The molecule has 4 atom stereocenters. The Balaban J connectivity index is 0.000000176. The van der Waals surface area contributed by atoms with Crippen LogP contribution in [0.4, 0.5) is 0 Å². The number of halogens is 2. The number of allylic oxidation sites excluding steroid dienone is 6. The third-order valence-corrected chi connectivity index (χ3v) is 14.4. The molecule has 0 aromatic heterocycles. The van der Waals surface area contributed by atoms with Crippen molar-refractivity contribution in [3.63, 3.8) is 0 Å². The van der Waals surface area contributed by atoms with Crippen LogP contribution in [0.5, 0.6) is 0 Å². The Hall–Kier alpha value is -1.01. The molecule has 4 unspecified atom stereocenters. The first-order valence-corrected chi connectivity index (χ1v) is 19.7. The molecular weight excluding hydrogens is 679 g/mol. The third kappa shape index (κ3) is 8.77. The molecule has 3 saturated carbocycles. The second-order valence-electron chi connectivity index (χ2n) is 14.7. The monoisotopic (exact) mass is 732 g/mol. The summed E-state index contributed by atoms with van der Waals surface area (Å²) in [7, 11) is 0. The summed E-state index contributed by atoms with van der Waals surface area (Å²) in [6.07, 6.45) is 30.3. The number of hydrogen-bond acceptors (Lipinski definition) is 0. The van der Waals surface area contributed by atoms with Gasteiger partial charge in [0.25, 0.3) is 0 Å². The van der Waals surface area contributed by atoms with Gasteiger partial charge in [-0.15, -0.1) is 6.42 Å². The van der Waals surface area contributed by atoms with E-state index in [0.29, 0.717) is 0 Å². The molecular formula is C43H56Cl2Zr-2. The molecule has 0 nitrogen and oxygen atoms in total. The molecule has 0 heterocycles. The Morgan fingerprint density at radius 3 is 1.98 bits per heavy atom. The largest absolute Gasteiger partial charge is 1.00 e. The number of benzene rings is 1. The SMILES string of the molecule is C1=CC2=C3C(=C4[CH-]CCCC4C2CC1)Cc1ccccc13.CC([C](=[Zr+2])C(C)C1CCCCC1)C1CCCCC1.[Cl-].[Cl-].c1cc[cH-]c1. The quantitative estimate of drug-likeness (QED) is 0.348. The van der Waals surface area contributed by atoms with Crippen molar-refractivity contribution in [3.8, 4) is 0 Å². The van der Waals surface area contributed by atoms with E-state index in [2.05, 4.69) is 56.7 Å². The van der Waals surface area contributed by atoms with E-state index in [4.69, 9.17) is 0 Å². The topological polar surface area (TPSA) is 0 Å². The molecule has 0 radical (unpaired) electrons. The predicted molar refractivity (Wildman–Crippen MR) is 186 cm³/mol. The van der Waals surface area contributed by atoms with Crippen LogP contribution in [0.3, 0.4) is 0 Å². The summed E-state index contributed by atoms with van der Waals surface area (Å²) in [5.74, 6) is 5.48. The van der Waals surface area contributed by atoms with Gasteiger partial charge in [0.2, 0.25) is 0 Å². The normalized spacial score (nSPS) is 24.9. The molecule has 0 amide bonds. The van der Waals surface area contributed by atoms with Crippen molar-refractivity contribution in [2.75, 3.05) is 0 Å². The molecule has 3 heteroatoms. The van der Waals surface area contributed by atoms with Crippen LogP contribution in [-0.2, 0) is 30.7 Å². The fraction of sp³-hybridized carbons (Fsp3) is 0.558. The summed E-state index contributed by atoms with van der Waals surface area (Å²) in [4.78, 5) is 0. The van der Waals surface area contributed by atoms with Gasteiger partial charge in [-0.25, -0.2) is 24.1 Å². The summed E-state index contributed by atoms with van der Waals surface area (Å²) in [6.45, 7) is 5.08. The van der Waals surface area contributed by atoms with Gasteiger partial charge in [-0.05, 0) is 36.7 Å². The van der Waals surface area contributed by atoms with Gasteiger partial charge < -0.3 is 24.8 Å². The average molecular weight is 735 g/mol. The first-order valence-electron chi connectivity index (χ1n) is 18.4. The first kappa shape index (κ1) is 37.8. The molecule has 0 N–H and O–H groups in total. The van der Waals surface area contributed by atoms with E-state index in [-0.39, 0.29) is 24.8 Å². The Morgan fingerprint density at radius 1 is 0.739 bits per heavy atom. The molecule has 6 aliphatic carbocycles. The van der Waals surface area contributed by atoms with Gasteiger partial charge in [-0.1, -0.05) is 66.0 Å².